The topological polar surface area (TPSA) is 73.7 Å². The van der Waals surface area contributed by atoms with Gasteiger partial charge in [-0.25, -0.2) is 13.8 Å². The zero-order chi connectivity index (χ0) is 28.6. The van der Waals surface area contributed by atoms with Crippen LogP contribution in [0.1, 0.15) is 66.9 Å². The van der Waals surface area contributed by atoms with Crippen molar-refractivity contribution in [2.24, 2.45) is 5.92 Å². The fourth-order valence-corrected chi connectivity index (χ4v) is 7.33. The van der Waals surface area contributed by atoms with E-state index in [0.29, 0.717) is 42.1 Å². The molecule has 4 heterocycles. The van der Waals surface area contributed by atoms with Gasteiger partial charge in [-0.1, -0.05) is 17.4 Å². The number of rotatable bonds is 10. The third-order valence-electron chi connectivity index (χ3n) is 8.93. The SMILES string of the molecule is O=C(NCCCN1CCC(F)CC1)c1ccc2c(c1)sc1nc(-c3ccc([C@H]4CCCN4)cc3F)c(NCC3CC3)n12. The van der Waals surface area contributed by atoms with Gasteiger partial charge in [0.1, 0.15) is 23.5 Å². The van der Waals surface area contributed by atoms with Crippen molar-refractivity contribution in [3.8, 4) is 11.3 Å². The first-order valence-electron chi connectivity index (χ1n) is 15.4. The predicted octanol–water partition coefficient (Wildman–Crippen LogP) is 6.16. The van der Waals surface area contributed by atoms with Gasteiger partial charge in [0.05, 0.1) is 10.2 Å². The van der Waals surface area contributed by atoms with Crippen LogP contribution in [0.2, 0.25) is 0 Å². The second-order valence-electron chi connectivity index (χ2n) is 12.0. The highest BCUT2D eigenvalue weighted by atomic mass is 32.1. The third kappa shape index (κ3) is 5.76. The molecule has 42 heavy (non-hydrogen) atoms. The number of hydrogen-bond donors (Lipinski definition) is 3. The van der Waals surface area contributed by atoms with Gasteiger partial charge in [-0.05, 0) is 99.8 Å². The minimum absolute atomic E-state index is 0.0999. The second kappa shape index (κ2) is 11.9. The molecule has 1 amide bonds. The zero-order valence-electron chi connectivity index (χ0n) is 23.8. The molecule has 2 aromatic carbocycles. The van der Waals surface area contributed by atoms with E-state index in [9.17, 15) is 9.18 Å². The minimum atomic E-state index is -0.667. The summed E-state index contributed by atoms with van der Waals surface area (Å²) in [5.74, 6) is 1.09. The lowest BCUT2D eigenvalue weighted by atomic mass is 10.0. The highest BCUT2D eigenvalue weighted by Crippen LogP contribution is 2.39. The molecule has 7 rings (SSSR count). The van der Waals surface area contributed by atoms with Crippen molar-refractivity contribution in [2.45, 2.75) is 57.2 Å². The molecular formula is C32H38F2N6OS. The molecular weight excluding hydrogens is 554 g/mol. The van der Waals surface area contributed by atoms with Gasteiger partial charge in [0.15, 0.2) is 4.96 Å². The van der Waals surface area contributed by atoms with Gasteiger partial charge in [-0.15, -0.1) is 0 Å². The average Bonchev–Trinajstić information content (AvgIpc) is 3.37. The van der Waals surface area contributed by atoms with E-state index in [-0.39, 0.29) is 17.8 Å². The van der Waals surface area contributed by atoms with Crippen LogP contribution in [0.25, 0.3) is 26.4 Å². The number of aromatic nitrogens is 2. The molecule has 0 bridgehead atoms. The van der Waals surface area contributed by atoms with Crippen molar-refractivity contribution < 1.29 is 13.6 Å². The lowest BCUT2D eigenvalue weighted by Crippen LogP contribution is -2.36. The summed E-state index contributed by atoms with van der Waals surface area (Å²) in [4.78, 5) is 20.9. The molecule has 222 valence electrons. The van der Waals surface area contributed by atoms with Crippen LogP contribution in [0.5, 0.6) is 0 Å². The number of carbonyl (C=O) groups excluding carboxylic acids is 1. The molecule has 3 fully saturated rings. The summed E-state index contributed by atoms with van der Waals surface area (Å²) in [5, 5.41) is 10.1. The Bertz CT molecular complexity index is 1580. The van der Waals surface area contributed by atoms with E-state index in [2.05, 4.69) is 25.3 Å². The Morgan fingerprint density at radius 3 is 2.71 bits per heavy atom. The number of nitrogens with one attached hydrogen (secondary N) is 3. The van der Waals surface area contributed by atoms with Gasteiger partial charge in [0.25, 0.3) is 5.91 Å². The molecule has 1 saturated carbocycles. The van der Waals surface area contributed by atoms with Gasteiger partial charge < -0.3 is 20.9 Å². The van der Waals surface area contributed by atoms with E-state index in [0.717, 1.165) is 78.5 Å². The first-order valence-corrected chi connectivity index (χ1v) is 16.2. The Morgan fingerprint density at radius 2 is 1.95 bits per heavy atom. The number of fused-ring (bicyclic) bond motifs is 3. The number of alkyl halides is 1. The largest absolute Gasteiger partial charge is 0.369 e. The van der Waals surface area contributed by atoms with Crippen LogP contribution in [0.3, 0.4) is 0 Å². The van der Waals surface area contributed by atoms with Gasteiger partial charge in [0.2, 0.25) is 0 Å². The van der Waals surface area contributed by atoms with Crippen LogP contribution >= 0.6 is 11.3 Å². The van der Waals surface area contributed by atoms with Gasteiger partial charge >= 0.3 is 0 Å². The fraction of sp³-hybridized carbons (Fsp3) is 0.500. The number of carbonyl (C=O) groups is 1. The number of benzene rings is 2. The van der Waals surface area contributed by atoms with Crippen molar-refractivity contribution in [1.82, 2.24) is 24.9 Å². The second-order valence-corrected chi connectivity index (χ2v) is 13.1. The molecule has 3 aliphatic rings. The number of anilines is 1. The van der Waals surface area contributed by atoms with E-state index in [1.54, 1.807) is 6.07 Å². The molecule has 2 saturated heterocycles. The number of hydrogen-bond acceptors (Lipinski definition) is 6. The quantitative estimate of drug-likeness (QED) is 0.193. The normalized spacial score (nSPS) is 20.1. The summed E-state index contributed by atoms with van der Waals surface area (Å²) >= 11 is 1.51. The predicted molar refractivity (Wildman–Crippen MR) is 165 cm³/mol. The molecule has 0 spiro atoms. The Morgan fingerprint density at radius 1 is 1.10 bits per heavy atom. The van der Waals surface area contributed by atoms with E-state index in [4.69, 9.17) is 4.98 Å². The van der Waals surface area contributed by atoms with Crippen molar-refractivity contribution in [1.29, 1.82) is 0 Å². The van der Waals surface area contributed by atoms with Crippen LogP contribution in [-0.2, 0) is 0 Å². The molecule has 2 aromatic heterocycles. The lowest BCUT2D eigenvalue weighted by molar-refractivity contribution is 0.0950. The summed E-state index contributed by atoms with van der Waals surface area (Å²) in [6.07, 6.45) is 5.94. The number of halogens is 2. The van der Waals surface area contributed by atoms with Gasteiger partial charge in [-0.2, -0.15) is 0 Å². The first kappa shape index (κ1) is 27.7. The standard InChI is InChI=1S/C32H38F2N6OS/c33-23-10-15-39(16-11-23)14-2-13-36-31(41)22-7-9-27-28(18-22)42-32-38-29(30(40(27)32)37-19-20-4-5-20)24-8-6-21(17-25(24)34)26-3-1-12-35-26/h6-9,17-18,20,23,26,35,37H,1-5,10-16,19H2,(H,36,41)/t26-/m1/s1. The van der Waals surface area contributed by atoms with E-state index >= 15 is 4.39 Å². The van der Waals surface area contributed by atoms with Crippen LogP contribution in [-0.4, -0.2) is 65.6 Å². The number of imidazole rings is 1. The van der Waals surface area contributed by atoms with Gasteiger partial charge in [0, 0.05) is 43.3 Å². The molecule has 0 radical (unpaired) electrons. The molecule has 0 unspecified atom stereocenters. The molecule has 3 N–H and O–H groups in total. The number of piperidine rings is 1. The Labute approximate surface area is 248 Å². The van der Waals surface area contributed by atoms with E-state index in [1.807, 2.05) is 30.3 Å². The molecule has 2 aliphatic heterocycles. The highest BCUT2D eigenvalue weighted by molar-refractivity contribution is 7.23. The fourth-order valence-electron chi connectivity index (χ4n) is 6.27. The molecule has 1 atom stereocenters. The molecule has 7 nitrogen and oxygen atoms in total. The third-order valence-corrected chi connectivity index (χ3v) is 9.93. The maximum Gasteiger partial charge on any atom is 0.251 e. The zero-order valence-corrected chi connectivity index (χ0v) is 24.6. The van der Waals surface area contributed by atoms with Gasteiger partial charge in [-0.3, -0.25) is 9.20 Å². The van der Waals surface area contributed by atoms with Crippen LogP contribution in [0.15, 0.2) is 36.4 Å². The van der Waals surface area contributed by atoms with Crippen molar-refractivity contribution in [3.05, 3.63) is 53.3 Å². The van der Waals surface area contributed by atoms with Crippen LogP contribution in [0.4, 0.5) is 14.6 Å². The van der Waals surface area contributed by atoms with Crippen molar-refractivity contribution in [2.75, 3.05) is 44.6 Å². The van der Waals surface area contributed by atoms with Crippen LogP contribution < -0.4 is 16.0 Å². The number of thiazole rings is 1. The molecule has 4 aromatic rings. The summed E-state index contributed by atoms with van der Waals surface area (Å²) in [6, 6.07) is 11.5. The first-order chi connectivity index (χ1) is 20.5. The minimum Gasteiger partial charge on any atom is -0.369 e. The van der Waals surface area contributed by atoms with Crippen molar-refractivity contribution in [3.63, 3.8) is 0 Å². The Kier molecular flexibility index (Phi) is 7.85. The average molecular weight is 593 g/mol. The van der Waals surface area contributed by atoms with E-state index in [1.165, 1.54) is 24.2 Å². The van der Waals surface area contributed by atoms with E-state index < -0.39 is 6.17 Å². The summed E-state index contributed by atoms with van der Waals surface area (Å²) in [5.41, 5.74) is 3.68. The Hall–Kier alpha value is -3.08. The number of likely N-dealkylation sites (tertiary alicyclic amines) is 1. The highest BCUT2D eigenvalue weighted by Gasteiger charge is 2.26. The number of nitrogens with zero attached hydrogens (tertiary/aromatic N) is 3. The molecule has 10 heteroatoms. The van der Waals surface area contributed by atoms with Crippen LogP contribution in [0, 0.1) is 11.7 Å². The Balaban J connectivity index is 1.11. The molecule has 1 aliphatic carbocycles. The lowest BCUT2D eigenvalue weighted by Gasteiger charge is -2.28. The summed E-state index contributed by atoms with van der Waals surface area (Å²) < 4.78 is 32.0. The number of amides is 1. The monoisotopic (exact) mass is 592 g/mol. The smallest absolute Gasteiger partial charge is 0.251 e. The van der Waals surface area contributed by atoms with Crippen molar-refractivity contribution >= 4 is 38.2 Å². The summed E-state index contributed by atoms with van der Waals surface area (Å²) in [7, 11) is 0. The maximum atomic E-state index is 15.6. The summed E-state index contributed by atoms with van der Waals surface area (Å²) in [6.45, 7) is 4.84. The maximum absolute atomic E-state index is 15.6.